The quantitative estimate of drug-likeness (QED) is 0.625. The predicted octanol–water partition coefficient (Wildman–Crippen LogP) is 2.95. The van der Waals surface area contributed by atoms with Crippen LogP contribution in [-0.2, 0) is 29.1 Å². The Labute approximate surface area is 190 Å². The number of fused-ring (bicyclic) bond motifs is 1. The number of rotatable bonds is 7. The maximum absolute atomic E-state index is 12.6. The minimum Gasteiger partial charge on any atom is -0.496 e. The molecule has 1 atom stereocenters. The van der Waals surface area contributed by atoms with Crippen LogP contribution in [0, 0.1) is 11.8 Å². The topological polar surface area (TPSA) is 79.5 Å². The number of hydrogen-bond donors (Lipinski definition) is 3. The van der Waals surface area contributed by atoms with E-state index in [-0.39, 0.29) is 23.8 Å². The highest BCUT2D eigenvalue weighted by molar-refractivity contribution is 5.82. The number of benzene rings is 2. The molecule has 3 N–H and O–H groups in total. The number of amides is 2. The van der Waals surface area contributed by atoms with Crippen LogP contribution in [0.5, 0.6) is 5.75 Å². The Morgan fingerprint density at radius 3 is 2.44 bits per heavy atom. The van der Waals surface area contributed by atoms with E-state index in [1.165, 1.54) is 11.1 Å². The van der Waals surface area contributed by atoms with Crippen molar-refractivity contribution < 1.29 is 14.3 Å². The molecular formula is C26H33N3O3. The first kappa shape index (κ1) is 22.3. The Morgan fingerprint density at radius 2 is 1.66 bits per heavy atom. The molecule has 1 fully saturated rings. The molecule has 0 aromatic heterocycles. The molecule has 0 bridgehead atoms. The van der Waals surface area contributed by atoms with Crippen molar-refractivity contribution in [1.82, 2.24) is 16.0 Å². The zero-order chi connectivity index (χ0) is 22.3. The molecule has 6 heteroatoms. The molecule has 4 rings (SSSR count). The van der Waals surface area contributed by atoms with Gasteiger partial charge in [-0.2, -0.15) is 0 Å². The number of nitrogens with one attached hydrogen (secondary N) is 3. The first-order chi connectivity index (χ1) is 15.6. The van der Waals surface area contributed by atoms with Crippen LogP contribution in [0.1, 0.15) is 42.4 Å². The number of para-hydroxylation sites is 1. The van der Waals surface area contributed by atoms with Gasteiger partial charge in [-0.15, -0.1) is 0 Å². The fraction of sp³-hybridized carbons (Fsp3) is 0.462. The molecule has 2 amide bonds. The lowest BCUT2D eigenvalue weighted by molar-refractivity contribution is -0.127. The molecule has 1 heterocycles. The molecule has 0 unspecified atom stereocenters. The largest absolute Gasteiger partial charge is 0.496 e. The van der Waals surface area contributed by atoms with Gasteiger partial charge in [-0.25, -0.2) is 0 Å². The summed E-state index contributed by atoms with van der Waals surface area (Å²) in [7, 11) is 1.64. The van der Waals surface area contributed by atoms with Crippen molar-refractivity contribution in [2.75, 3.05) is 13.7 Å². The zero-order valence-electron chi connectivity index (χ0n) is 18.7. The smallest absolute Gasteiger partial charge is 0.237 e. The lowest BCUT2D eigenvalue weighted by Crippen LogP contribution is -2.48. The maximum atomic E-state index is 12.6. The third-order valence-corrected chi connectivity index (χ3v) is 6.83. The average Bonchev–Trinajstić information content (AvgIpc) is 2.86. The second-order valence-corrected chi connectivity index (χ2v) is 8.90. The molecule has 2 aromatic rings. The minimum atomic E-state index is -0.165. The van der Waals surface area contributed by atoms with E-state index in [1.807, 2.05) is 36.4 Å². The highest BCUT2D eigenvalue weighted by Crippen LogP contribution is 2.29. The number of carbonyl (C=O) groups is 2. The van der Waals surface area contributed by atoms with E-state index in [2.05, 4.69) is 28.1 Å². The molecule has 0 spiro atoms. The summed E-state index contributed by atoms with van der Waals surface area (Å²) in [5.74, 6) is 1.48. The van der Waals surface area contributed by atoms with Crippen molar-refractivity contribution in [3.63, 3.8) is 0 Å². The lowest BCUT2D eigenvalue weighted by atomic mass is 9.81. The normalized spacial score (nSPS) is 22.5. The molecule has 1 aliphatic heterocycles. The van der Waals surface area contributed by atoms with Crippen LogP contribution in [0.15, 0.2) is 48.5 Å². The van der Waals surface area contributed by atoms with Gasteiger partial charge in [0, 0.05) is 31.1 Å². The first-order valence-corrected chi connectivity index (χ1v) is 11.6. The molecule has 32 heavy (non-hydrogen) atoms. The van der Waals surface area contributed by atoms with Crippen molar-refractivity contribution in [2.45, 2.75) is 51.2 Å². The fourth-order valence-electron chi connectivity index (χ4n) is 4.81. The third-order valence-electron chi connectivity index (χ3n) is 6.83. The van der Waals surface area contributed by atoms with Crippen LogP contribution in [0.2, 0.25) is 0 Å². The van der Waals surface area contributed by atoms with Crippen molar-refractivity contribution in [3.8, 4) is 5.75 Å². The Hall–Kier alpha value is -2.86. The lowest BCUT2D eigenvalue weighted by Gasteiger charge is -2.29. The van der Waals surface area contributed by atoms with Gasteiger partial charge in [-0.1, -0.05) is 42.5 Å². The molecule has 0 saturated heterocycles. The number of methoxy groups -OCH3 is 1. The molecule has 170 valence electrons. The van der Waals surface area contributed by atoms with Crippen molar-refractivity contribution >= 4 is 11.8 Å². The van der Waals surface area contributed by atoms with E-state index >= 15 is 0 Å². The summed E-state index contributed by atoms with van der Waals surface area (Å²) < 4.78 is 5.35. The van der Waals surface area contributed by atoms with Gasteiger partial charge in [-0.3, -0.25) is 9.59 Å². The summed E-state index contributed by atoms with van der Waals surface area (Å²) in [6.07, 6.45) is 4.41. The average molecular weight is 436 g/mol. The Bertz CT molecular complexity index is 937. The van der Waals surface area contributed by atoms with Gasteiger partial charge in [0.25, 0.3) is 0 Å². The highest BCUT2D eigenvalue weighted by atomic mass is 16.5. The monoisotopic (exact) mass is 435 g/mol. The molecule has 2 aromatic carbocycles. The summed E-state index contributed by atoms with van der Waals surface area (Å²) in [4.78, 5) is 25.3. The molecule has 1 aliphatic carbocycles. The van der Waals surface area contributed by atoms with Crippen LogP contribution in [0.3, 0.4) is 0 Å². The van der Waals surface area contributed by atoms with Gasteiger partial charge in [0.2, 0.25) is 11.8 Å². The van der Waals surface area contributed by atoms with E-state index in [4.69, 9.17) is 4.74 Å². The SMILES string of the molecule is COc1ccccc1CNC(=O)C1CCC(CNC(=O)[C@H]2Cc3ccccc3CN2)CC1. The van der Waals surface area contributed by atoms with Crippen molar-refractivity contribution in [2.24, 2.45) is 11.8 Å². The van der Waals surface area contributed by atoms with Crippen LogP contribution < -0.4 is 20.7 Å². The van der Waals surface area contributed by atoms with Crippen LogP contribution in [0.25, 0.3) is 0 Å². The molecule has 6 nitrogen and oxygen atoms in total. The highest BCUT2D eigenvalue weighted by Gasteiger charge is 2.28. The first-order valence-electron chi connectivity index (χ1n) is 11.6. The summed E-state index contributed by atoms with van der Waals surface area (Å²) >= 11 is 0. The van der Waals surface area contributed by atoms with Crippen molar-refractivity contribution in [3.05, 3.63) is 65.2 Å². The third kappa shape index (κ3) is 5.49. The maximum Gasteiger partial charge on any atom is 0.237 e. The van der Waals surface area contributed by atoms with E-state index in [1.54, 1.807) is 7.11 Å². The Kier molecular flexibility index (Phi) is 7.43. The zero-order valence-corrected chi connectivity index (χ0v) is 18.7. The molecule has 2 aliphatic rings. The molecular weight excluding hydrogens is 402 g/mol. The second kappa shape index (κ2) is 10.6. The molecule has 0 radical (unpaired) electrons. The van der Waals surface area contributed by atoms with Gasteiger partial charge in [0.05, 0.1) is 13.2 Å². The summed E-state index contributed by atoms with van der Waals surface area (Å²) in [5, 5.41) is 9.55. The summed E-state index contributed by atoms with van der Waals surface area (Å²) in [6, 6.07) is 15.9. The second-order valence-electron chi connectivity index (χ2n) is 8.90. The minimum absolute atomic E-state index is 0.0492. The Morgan fingerprint density at radius 1 is 0.938 bits per heavy atom. The van der Waals surface area contributed by atoms with E-state index < -0.39 is 0 Å². The summed E-state index contributed by atoms with van der Waals surface area (Å²) in [6.45, 7) is 1.91. The van der Waals surface area contributed by atoms with Gasteiger partial charge in [0.15, 0.2) is 0 Å². The van der Waals surface area contributed by atoms with E-state index in [0.29, 0.717) is 19.0 Å². The van der Waals surface area contributed by atoms with Crippen molar-refractivity contribution in [1.29, 1.82) is 0 Å². The van der Waals surface area contributed by atoms with Crippen LogP contribution in [0.4, 0.5) is 0 Å². The standard InChI is InChI=1S/C26H33N3O3/c1-32-24-9-5-4-8-22(24)17-29-25(30)19-12-10-18(11-13-19)15-28-26(31)23-14-20-6-2-3-7-21(20)16-27-23/h2-9,18-19,23,27H,10-17H2,1H3,(H,28,31)(H,29,30)/t18?,19?,23-/m1/s1. The van der Waals surface area contributed by atoms with Crippen LogP contribution >= 0.6 is 0 Å². The van der Waals surface area contributed by atoms with Gasteiger partial charge in [0.1, 0.15) is 5.75 Å². The summed E-state index contributed by atoms with van der Waals surface area (Å²) in [5.41, 5.74) is 3.52. The molecule has 1 saturated carbocycles. The van der Waals surface area contributed by atoms with E-state index in [0.717, 1.165) is 50.0 Å². The number of hydrogen-bond acceptors (Lipinski definition) is 4. The van der Waals surface area contributed by atoms with Gasteiger partial charge in [-0.05, 0) is 55.2 Å². The number of carbonyl (C=O) groups excluding carboxylic acids is 2. The predicted molar refractivity (Wildman–Crippen MR) is 124 cm³/mol. The van der Waals surface area contributed by atoms with Crippen LogP contribution in [-0.4, -0.2) is 31.5 Å². The van der Waals surface area contributed by atoms with E-state index in [9.17, 15) is 9.59 Å². The van der Waals surface area contributed by atoms with Gasteiger partial charge >= 0.3 is 0 Å². The fourth-order valence-corrected chi connectivity index (χ4v) is 4.81. The Balaban J connectivity index is 1.17. The van der Waals surface area contributed by atoms with Gasteiger partial charge < -0.3 is 20.7 Å². The number of ether oxygens (including phenoxy) is 1.